The van der Waals surface area contributed by atoms with Crippen molar-refractivity contribution in [2.75, 3.05) is 26.7 Å². The van der Waals surface area contributed by atoms with Crippen LogP contribution in [0.25, 0.3) is 0 Å². The van der Waals surface area contributed by atoms with Gasteiger partial charge < -0.3 is 14.5 Å². The Balaban J connectivity index is 2.36. The van der Waals surface area contributed by atoms with Crippen LogP contribution in [0.4, 0.5) is 4.79 Å². The number of ether oxygens (including phenoxy) is 1. The number of amides is 2. The first-order valence-electron chi connectivity index (χ1n) is 5.21. The standard InChI is InChI=1S/C10H18N2O3/c1-4-11(3)10(14)15-9-5-6-12(7-9)8(2)13/h9H,4-7H2,1-3H3. The first-order chi connectivity index (χ1) is 7.04. The molecule has 1 rings (SSSR count). The molecule has 0 bridgehead atoms. The number of carbonyl (C=O) groups excluding carboxylic acids is 2. The first-order valence-corrected chi connectivity index (χ1v) is 5.21. The van der Waals surface area contributed by atoms with Crippen molar-refractivity contribution in [3.8, 4) is 0 Å². The molecule has 1 unspecified atom stereocenters. The van der Waals surface area contributed by atoms with E-state index in [0.29, 0.717) is 19.6 Å². The van der Waals surface area contributed by atoms with Crippen LogP contribution >= 0.6 is 0 Å². The molecule has 5 nitrogen and oxygen atoms in total. The van der Waals surface area contributed by atoms with E-state index in [4.69, 9.17) is 4.74 Å². The van der Waals surface area contributed by atoms with Crippen LogP contribution in [0.3, 0.4) is 0 Å². The minimum atomic E-state index is -0.312. The van der Waals surface area contributed by atoms with Gasteiger partial charge in [-0.2, -0.15) is 0 Å². The molecular formula is C10H18N2O3. The minimum Gasteiger partial charge on any atom is -0.444 e. The van der Waals surface area contributed by atoms with Crippen LogP contribution in [0.15, 0.2) is 0 Å². The molecule has 0 saturated carbocycles. The zero-order valence-electron chi connectivity index (χ0n) is 9.52. The highest BCUT2D eigenvalue weighted by Crippen LogP contribution is 2.13. The summed E-state index contributed by atoms with van der Waals surface area (Å²) in [6, 6.07) is 0. The van der Waals surface area contributed by atoms with Crippen molar-refractivity contribution in [2.24, 2.45) is 0 Å². The third-order valence-corrected chi connectivity index (χ3v) is 2.64. The van der Waals surface area contributed by atoms with Crippen LogP contribution in [0.2, 0.25) is 0 Å². The normalized spacial score (nSPS) is 20.2. The van der Waals surface area contributed by atoms with Crippen LogP contribution in [0.5, 0.6) is 0 Å². The number of carbonyl (C=O) groups is 2. The summed E-state index contributed by atoms with van der Waals surface area (Å²) >= 11 is 0. The lowest BCUT2D eigenvalue weighted by Gasteiger charge is -2.18. The fraction of sp³-hybridized carbons (Fsp3) is 0.800. The SMILES string of the molecule is CCN(C)C(=O)OC1CCN(C(C)=O)C1. The lowest BCUT2D eigenvalue weighted by atomic mass is 10.3. The summed E-state index contributed by atoms with van der Waals surface area (Å²) in [5.41, 5.74) is 0. The number of hydrogen-bond donors (Lipinski definition) is 0. The predicted molar refractivity (Wildman–Crippen MR) is 55.4 cm³/mol. The van der Waals surface area contributed by atoms with Crippen molar-refractivity contribution in [3.63, 3.8) is 0 Å². The van der Waals surface area contributed by atoms with E-state index in [-0.39, 0.29) is 18.1 Å². The van der Waals surface area contributed by atoms with Gasteiger partial charge in [0.15, 0.2) is 0 Å². The molecular weight excluding hydrogens is 196 g/mol. The van der Waals surface area contributed by atoms with Crippen molar-refractivity contribution in [2.45, 2.75) is 26.4 Å². The summed E-state index contributed by atoms with van der Waals surface area (Å²) in [5, 5.41) is 0. The average Bonchev–Trinajstić information content (AvgIpc) is 2.65. The summed E-state index contributed by atoms with van der Waals surface area (Å²) in [6.07, 6.45) is 0.284. The van der Waals surface area contributed by atoms with Crippen LogP contribution < -0.4 is 0 Å². The van der Waals surface area contributed by atoms with E-state index in [1.807, 2.05) is 6.92 Å². The molecule has 1 atom stereocenters. The molecule has 0 aromatic rings. The summed E-state index contributed by atoms with van der Waals surface area (Å²) in [4.78, 5) is 25.7. The summed E-state index contributed by atoms with van der Waals surface area (Å²) in [7, 11) is 1.69. The fourth-order valence-electron chi connectivity index (χ4n) is 1.47. The average molecular weight is 214 g/mol. The maximum absolute atomic E-state index is 11.4. The Labute approximate surface area is 90.0 Å². The van der Waals surface area contributed by atoms with Gasteiger partial charge in [-0.15, -0.1) is 0 Å². The quantitative estimate of drug-likeness (QED) is 0.679. The van der Waals surface area contributed by atoms with E-state index in [0.717, 1.165) is 6.42 Å². The lowest BCUT2D eigenvalue weighted by molar-refractivity contribution is -0.128. The van der Waals surface area contributed by atoms with Gasteiger partial charge in [-0.1, -0.05) is 0 Å². The molecule has 15 heavy (non-hydrogen) atoms. The number of rotatable bonds is 2. The van der Waals surface area contributed by atoms with Gasteiger partial charge >= 0.3 is 6.09 Å². The van der Waals surface area contributed by atoms with E-state index in [9.17, 15) is 9.59 Å². The van der Waals surface area contributed by atoms with E-state index in [1.54, 1.807) is 11.9 Å². The molecule has 0 aliphatic carbocycles. The number of hydrogen-bond acceptors (Lipinski definition) is 3. The van der Waals surface area contributed by atoms with E-state index >= 15 is 0 Å². The number of likely N-dealkylation sites (tertiary alicyclic amines) is 1. The van der Waals surface area contributed by atoms with Gasteiger partial charge in [0, 0.05) is 33.5 Å². The Bertz CT molecular complexity index is 255. The maximum Gasteiger partial charge on any atom is 0.409 e. The van der Waals surface area contributed by atoms with Crippen molar-refractivity contribution < 1.29 is 14.3 Å². The van der Waals surface area contributed by atoms with E-state index < -0.39 is 0 Å². The minimum absolute atomic E-state index is 0.0393. The van der Waals surface area contributed by atoms with Crippen molar-refractivity contribution in [1.82, 2.24) is 9.80 Å². The van der Waals surface area contributed by atoms with Crippen LogP contribution in [-0.4, -0.2) is 54.6 Å². The van der Waals surface area contributed by atoms with Gasteiger partial charge in [-0.05, 0) is 6.92 Å². The highest BCUT2D eigenvalue weighted by molar-refractivity contribution is 5.73. The molecule has 0 spiro atoms. The third kappa shape index (κ3) is 3.11. The lowest BCUT2D eigenvalue weighted by Crippen LogP contribution is -2.33. The molecule has 5 heteroatoms. The van der Waals surface area contributed by atoms with Gasteiger partial charge in [0.05, 0.1) is 6.54 Å². The molecule has 1 aliphatic heterocycles. The zero-order chi connectivity index (χ0) is 11.4. The van der Waals surface area contributed by atoms with E-state index in [1.165, 1.54) is 11.8 Å². The Morgan fingerprint density at radius 1 is 1.53 bits per heavy atom. The molecule has 0 aromatic carbocycles. The molecule has 1 saturated heterocycles. The summed E-state index contributed by atoms with van der Waals surface area (Å²) in [6.45, 7) is 5.25. The highest BCUT2D eigenvalue weighted by atomic mass is 16.6. The topological polar surface area (TPSA) is 49.9 Å². The van der Waals surface area contributed by atoms with Crippen LogP contribution in [0, 0.1) is 0 Å². The first kappa shape index (κ1) is 11.8. The van der Waals surface area contributed by atoms with Gasteiger partial charge in [0.2, 0.25) is 5.91 Å². The van der Waals surface area contributed by atoms with Gasteiger partial charge in [-0.3, -0.25) is 4.79 Å². The smallest absolute Gasteiger partial charge is 0.409 e. The molecule has 2 amide bonds. The Kier molecular flexibility index (Phi) is 3.94. The van der Waals surface area contributed by atoms with Crippen LogP contribution in [-0.2, 0) is 9.53 Å². The summed E-state index contributed by atoms with van der Waals surface area (Å²) < 4.78 is 5.24. The van der Waals surface area contributed by atoms with E-state index in [2.05, 4.69) is 0 Å². The molecule has 86 valence electrons. The largest absolute Gasteiger partial charge is 0.444 e. The van der Waals surface area contributed by atoms with Gasteiger partial charge in [0.25, 0.3) is 0 Å². The maximum atomic E-state index is 11.4. The zero-order valence-corrected chi connectivity index (χ0v) is 9.52. The second-order valence-corrected chi connectivity index (χ2v) is 3.77. The Morgan fingerprint density at radius 2 is 2.20 bits per heavy atom. The van der Waals surface area contributed by atoms with Crippen molar-refractivity contribution in [3.05, 3.63) is 0 Å². The Morgan fingerprint density at radius 3 is 2.67 bits per heavy atom. The molecule has 0 radical (unpaired) electrons. The number of nitrogens with zero attached hydrogens (tertiary/aromatic N) is 2. The van der Waals surface area contributed by atoms with Gasteiger partial charge in [-0.25, -0.2) is 4.79 Å². The second kappa shape index (κ2) is 5.00. The van der Waals surface area contributed by atoms with Crippen molar-refractivity contribution >= 4 is 12.0 Å². The molecule has 0 aromatic heterocycles. The Hall–Kier alpha value is -1.26. The van der Waals surface area contributed by atoms with Gasteiger partial charge in [0.1, 0.15) is 6.10 Å². The highest BCUT2D eigenvalue weighted by Gasteiger charge is 2.27. The molecule has 1 fully saturated rings. The molecule has 0 N–H and O–H groups in total. The fourth-order valence-corrected chi connectivity index (χ4v) is 1.47. The molecule has 1 heterocycles. The second-order valence-electron chi connectivity index (χ2n) is 3.77. The monoisotopic (exact) mass is 214 g/mol. The summed E-state index contributed by atoms with van der Waals surface area (Å²) in [5.74, 6) is 0.0393. The predicted octanol–water partition coefficient (Wildman–Crippen LogP) is 0.696. The third-order valence-electron chi connectivity index (χ3n) is 2.64. The van der Waals surface area contributed by atoms with Crippen LogP contribution in [0.1, 0.15) is 20.3 Å². The van der Waals surface area contributed by atoms with Crippen molar-refractivity contribution in [1.29, 1.82) is 0 Å². The molecule has 1 aliphatic rings.